The van der Waals surface area contributed by atoms with E-state index in [1.165, 1.54) is 11.3 Å². The Kier molecular flexibility index (Phi) is 6.78. The van der Waals surface area contributed by atoms with E-state index in [-0.39, 0.29) is 5.91 Å². The Morgan fingerprint density at radius 2 is 1.96 bits per heavy atom. The molecule has 2 aromatic heterocycles. The van der Waals surface area contributed by atoms with Gasteiger partial charge in [-0.05, 0) is 36.4 Å². The molecule has 27 heavy (non-hydrogen) atoms. The zero-order valence-corrected chi connectivity index (χ0v) is 15.8. The topological polar surface area (TPSA) is 72.5 Å². The monoisotopic (exact) mass is 383 g/mol. The van der Waals surface area contributed by atoms with Crippen molar-refractivity contribution in [3.05, 3.63) is 71.2 Å². The average Bonchev–Trinajstić information content (AvgIpc) is 3.15. The van der Waals surface area contributed by atoms with Gasteiger partial charge in [-0.25, -0.2) is 4.98 Å². The summed E-state index contributed by atoms with van der Waals surface area (Å²) >= 11 is 1.50. The van der Waals surface area contributed by atoms with Gasteiger partial charge in [0.1, 0.15) is 11.6 Å². The lowest BCUT2D eigenvalue weighted by Gasteiger charge is -2.10. The van der Waals surface area contributed by atoms with Gasteiger partial charge < -0.3 is 20.1 Å². The maximum atomic E-state index is 12.5. The van der Waals surface area contributed by atoms with Crippen molar-refractivity contribution in [2.45, 2.75) is 6.54 Å². The molecule has 3 aromatic rings. The predicted octanol–water partition coefficient (Wildman–Crippen LogP) is 3.92. The highest BCUT2D eigenvalue weighted by molar-refractivity contribution is 7.13. The summed E-state index contributed by atoms with van der Waals surface area (Å²) in [6.45, 7) is 1.55. The standard InChI is InChI=1S/C20H21N3O3S/c1-25-13-12-22-19-17(8-5-11-21-19)20(24)23-14-16-9-10-18(27-16)26-15-6-3-2-4-7-15/h2-11H,12-14H2,1H3,(H,21,22)(H,23,24). The minimum absolute atomic E-state index is 0.179. The fraction of sp³-hybridized carbons (Fsp3) is 0.200. The van der Waals surface area contributed by atoms with Gasteiger partial charge in [-0.1, -0.05) is 18.2 Å². The summed E-state index contributed by atoms with van der Waals surface area (Å²) in [5.74, 6) is 1.16. The third kappa shape index (κ3) is 5.54. The maximum Gasteiger partial charge on any atom is 0.255 e. The Balaban J connectivity index is 1.57. The van der Waals surface area contributed by atoms with E-state index in [0.717, 1.165) is 15.7 Å². The molecule has 7 heteroatoms. The molecule has 0 saturated carbocycles. The number of anilines is 1. The van der Waals surface area contributed by atoms with E-state index in [4.69, 9.17) is 9.47 Å². The quantitative estimate of drug-likeness (QED) is 0.548. The predicted molar refractivity (Wildman–Crippen MR) is 107 cm³/mol. The summed E-state index contributed by atoms with van der Waals surface area (Å²) in [6, 6.07) is 16.9. The van der Waals surface area contributed by atoms with Crippen LogP contribution in [0.25, 0.3) is 0 Å². The summed E-state index contributed by atoms with van der Waals surface area (Å²) in [4.78, 5) is 17.8. The summed E-state index contributed by atoms with van der Waals surface area (Å²) in [5, 5.41) is 6.82. The van der Waals surface area contributed by atoms with Crippen molar-refractivity contribution < 1.29 is 14.3 Å². The number of methoxy groups -OCH3 is 1. The number of pyridine rings is 1. The molecule has 0 radical (unpaired) electrons. The van der Waals surface area contributed by atoms with E-state index in [2.05, 4.69) is 15.6 Å². The molecule has 0 atom stereocenters. The molecule has 0 spiro atoms. The molecule has 2 heterocycles. The van der Waals surface area contributed by atoms with Crippen molar-refractivity contribution in [3.63, 3.8) is 0 Å². The molecule has 0 bridgehead atoms. The number of aromatic nitrogens is 1. The van der Waals surface area contributed by atoms with Gasteiger partial charge in [-0.2, -0.15) is 0 Å². The van der Waals surface area contributed by atoms with Crippen LogP contribution in [0.1, 0.15) is 15.2 Å². The third-order valence-corrected chi connectivity index (χ3v) is 4.64. The van der Waals surface area contributed by atoms with Crippen LogP contribution < -0.4 is 15.4 Å². The van der Waals surface area contributed by atoms with Gasteiger partial charge >= 0.3 is 0 Å². The molecule has 1 amide bonds. The Bertz CT molecular complexity index is 868. The molecular weight excluding hydrogens is 362 g/mol. The SMILES string of the molecule is COCCNc1ncccc1C(=O)NCc1ccc(Oc2ccccc2)s1. The first kappa shape index (κ1) is 18.9. The van der Waals surface area contributed by atoms with Gasteiger partial charge in [0.05, 0.1) is 18.7 Å². The molecular formula is C20H21N3O3S. The zero-order valence-electron chi connectivity index (χ0n) is 15.0. The van der Waals surface area contributed by atoms with E-state index in [1.54, 1.807) is 25.4 Å². The molecule has 0 aliphatic heterocycles. The van der Waals surface area contributed by atoms with Crippen LogP contribution in [0.3, 0.4) is 0 Å². The van der Waals surface area contributed by atoms with E-state index in [0.29, 0.717) is 31.1 Å². The van der Waals surface area contributed by atoms with Crippen LogP contribution in [0.4, 0.5) is 5.82 Å². The second kappa shape index (κ2) is 9.70. The minimum atomic E-state index is -0.179. The summed E-state index contributed by atoms with van der Waals surface area (Å²) in [6.07, 6.45) is 1.65. The van der Waals surface area contributed by atoms with Crippen molar-refractivity contribution in [1.29, 1.82) is 0 Å². The van der Waals surface area contributed by atoms with Crippen molar-refractivity contribution >= 4 is 23.1 Å². The smallest absolute Gasteiger partial charge is 0.255 e. The van der Waals surface area contributed by atoms with E-state index < -0.39 is 0 Å². The van der Waals surface area contributed by atoms with E-state index in [1.807, 2.05) is 42.5 Å². The number of ether oxygens (including phenoxy) is 2. The fourth-order valence-electron chi connectivity index (χ4n) is 2.38. The largest absolute Gasteiger partial charge is 0.447 e. The second-order valence-corrected chi connectivity index (χ2v) is 6.77. The van der Waals surface area contributed by atoms with Gasteiger partial charge in [-0.15, -0.1) is 11.3 Å². The lowest BCUT2D eigenvalue weighted by Crippen LogP contribution is -2.24. The van der Waals surface area contributed by atoms with Crippen molar-refractivity contribution in [3.8, 4) is 10.8 Å². The molecule has 140 valence electrons. The summed E-state index contributed by atoms with van der Waals surface area (Å²) in [5.41, 5.74) is 0.505. The summed E-state index contributed by atoms with van der Waals surface area (Å²) in [7, 11) is 1.63. The lowest BCUT2D eigenvalue weighted by molar-refractivity contribution is 0.0951. The van der Waals surface area contributed by atoms with Gasteiger partial charge in [0.25, 0.3) is 5.91 Å². The Morgan fingerprint density at radius 3 is 2.78 bits per heavy atom. The number of carbonyl (C=O) groups excluding carboxylic acids is 1. The first-order chi connectivity index (χ1) is 13.3. The number of benzene rings is 1. The first-order valence-electron chi connectivity index (χ1n) is 8.54. The highest BCUT2D eigenvalue weighted by Gasteiger charge is 2.12. The minimum Gasteiger partial charge on any atom is -0.447 e. The summed E-state index contributed by atoms with van der Waals surface area (Å²) < 4.78 is 10.8. The lowest BCUT2D eigenvalue weighted by atomic mass is 10.2. The van der Waals surface area contributed by atoms with Gasteiger partial charge in [0.15, 0.2) is 5.06 Å². The molecule has 0 aliphatic carbocycles. The zero-order chi connectivity index (χ0) is 18.9. The number of para-hydroxylation sites is 1. The van der Waals surface area contributed by atoms with Crippen LogP contribution in [0.2, 0.25) is 0 Å². The third-order valence-electron chi connectivity index (χ3n) is 3.67. The number of rotatable bonds is 9. The molecule has 6 nitrogen and oxygen atoms in total. The van der Waals surface area contributed by atoms with Crippen molar-refractivity contribution in [1.82, 2.24) is 10.3 Å². The molecule has 3 rings (SSSR count). The Hall–Kier alpha value is -2.90. The van der Waals surface area contributed by atoms with E-state index in [9.17, 15) is 4.79 Å². The Labute approximate surface area is 162 Å². The van der Waals surface area contributed by atoms with Crippen LogP contribution in [0.15, 0.2) is 60.8 Å². The fourth-order valence-corrected chi connectivity index (χ4v) is 3.19. The normalized spacial score (nSPS) is 10.4. The van der Waals surface area contributed by atoms with Crippen LogP contribution in [0.5, 0.6) is 10.8 Å². The van der Waals surface area contributed by atoms with E-state index >= 15 is 0 Å². The molecule has 0 aliphatic rings. The molecule has 0 saturated heterocycles. The first-order valence-corrected chi connectivity index (χ1v) is 9.35. The molecule has 1 aromatic carbocycles. The van der Waals surface area contributed by atoms with Gasteiger partial charge in [0, 0.05) is 24.7 Å². The van der Waals surface area contributed by atoms with Crippen LogP contribution in [-0.2, 0) is 11.3 Å². The number of nitrogens with zero attached hydrogens (tertiary/aromatic N) is 1. The number of nitrogens with one attached hydrogen (secondary N) is 2. The average molecular weight is 383 g/mol. The second-order valence-electron chi connectivity index (χ2n) is 5.64. The number of hydrogen-bond donors (Lipinski definition) is 2. The van der Waals surface area contributed by atoms with Crippen LogP contribution in [-0.4, -0.2) is 31.2 Å². The highest BCUT2D eigenvalue weighted by Crippen LogP contribution is 2.29. The van der Waals surface area contributed by atoms with Crippen molar-refractivity contribution in [2.24, 2.45) is 0 Å². The van der Waals surface area contributed by atoms with Gasteiger partial charge in [-0.3, -0.25) is 4.79 Å². The number of thiophene rings is 1. The molecule has 2 N–H and O–H groups in total. The Morgan fingerprint density at radius 1 is 1.11 bits per heavy atom. The maximum absolute atomic E-state index is 12.5. The molecule has 0 unspecified atom stereocenters. The van der Waals surface area contributed by atoms with Crippen LogP contribution >= 0.6 is 11.3 Å². The molecule has 0 fully saturated rings. The van der Waals surface area contributed by atoms with Crippen molar-refractivity contribution in [2.75, 3.05) is 25.6 Å². The van der Waals surface area contributed by atoms with Gasteiger partial charge in [0.2, 0.25) is 0 Å². The number of carbonyl (C=O) groups is 1. The highest BCUT2D eigenvalue weighted by atomic mass is 32.1. The number of hydrogen-bond acceptors (Lipinski definition) is 6. The number of amides is 1. The van der Waals surface area contributed by atoms with Crippen LogP contribution in [0, 0.1) is 0 Å².